The molecule has 0 radical (unpaired) electrons. The van der Waals surface area contributed by atoms with Crippen molar-refractivity contribution in [2.75, 3.05) is 45.8 Å². The highest BCUT2D eigenvalue weighted by Crippen LogP contribution is 2.22. The zero-order valence-corrected chi connectivity index (χ0v) is 31.7. The van der Waals surface area contributed by atoms with Gasteiger partial charge in [-0.25, -0.2) is 30.0 Å². The van der Waals surface area contributed by atoms with Crippen molar-refractivity contribution in [2.45, 2.75) is 47.9 Å². The maximum Gasteiger partial charge on any atom is 0.269 e. The third-order valence-corrected chi connectivity index (χ3v) is 14.4. The summed E-state index contributed by atoms with van der Waals surface area (Å²) in [6, 6.07) is 24.3. The second-order valence-electron chi connectivity index (χ2n) is 13.0. The fourth-order valence-electron chi connectivity index (χ4n) is 5.94. The topological polar surface area (TPSA) is 167 Å². The van der Waals surface area contributed by atoms with Crippen LogP contribution >= 0.6 is 0 Å². The summed E-state index contributed by atoms with van der Waals surface area (Å²) in [7, 11) is -12.1. The quantitative estimate of drug-likeness (QED) is 0.165. The Morgan fingerprint density at radius 2 is 0.981 bits per heavy atom. The van der Waals surface area contributed by atoms with Gasteiger partial charge in [-0.2, -0.15) is 8.61 Å². The molecule has 0 aliphatic carbocycles. The molecule has 16 heteroatoms. The molecule has 0 saturated carbocycles. The lowest BCUT2D eigenvalue weighted by atomic mass is 10.1. The molecule has 1 fully saturated rings. The molecule has 4 aromatic carbocycles. The predicted octanol–water partition coefficient (Wildman–Crippen LogP) is 4.11. The van der Waals surface area contributed by atoms with Crippen LogP contribution < -0.4 is 4.72 Å². The molecule has 1 unspecified atom stereocenters. The Bertz CT molecular complexity index is 2090. The van der Waals surface area contributed by atoms with Gasteiger partial charge in [0.1, 0.15) is 0 Å². The van der Waals surface area contributed by atoms with E-state index in [0.29, 0.717) is 5.56 Å². The number of rotatable bonds is 12. The largest absolute Gasteiger partial charge is 0.299 e. The number of non-ortho nitro benzene ring substituents is 1. The Morgan fingerprint density at radius 1 is 0.596 bits per heavy atom. The van der Waals surface area contributed by atoms with Crippen LogP contribution in [0.1, 0.15) is 22.3 Å². The van der Waals surface area contributed by atoms with E-state index in [0.717, 1.165) is 16.7 Å². The number of nitrogens with zero attached hydrogens (tertiary/aromatic N) is 4. The number of sulfonamides is 3. The van der Waals surface area contributed by atoms with Gasteiger partial charge in [-0.05, 0) is 69.2 Å². The van der Waals surface area contributed by atoms with Crippen molar-refractivity contribution < 1.29 is 30.2 Å². The molecular weight excluding hydrogens is 727 g/mol. The molecular formula is C36H43N5O8S3. The number of nitro benzene ring substituents is 1. The number of aryl methyl sites for hydroxylation is 3. The van der Waals surface area contributed by atoms with Crippen molar-refractivity contribution in [1.82, 2.24) is 18.2 Å². The second-order valence-corrected chi connectivity index (χ2v) is 18.6. The molecule has 1 saturated heterocycles. The van der Waals surface area contributed by atoms with E-state index < -0.39 is 41.0 Å². The fourth-order valence-corrected chi connectivity index (χ4v) is 10.0. The Balaban J connectivity index is 1.48. The van der Waals surface area contributed by atoms with E-state index in [2.05, 4.69) is 4.72 Å². The van der Waals surface area contributed by atoms with Gasteiger partial charge < -0.3 is 0 Å². The van der Waals surface area contributed by atoms with Crippen LogP contribution in [0.4, 0.5) is 5.69 Å². The van der Waals surface area contributed by atoms with Crippen LogP contribution in [0, 0.1) is 30.9 Å². The summed E-state index contributed by atoms with van der Waals surface area (Å²) in [4.78, 5) is 12.8. The standard InChI is InChI=1S/C36H43N5O8S3/c1-28-4-14-34(15-5-28)50(44,45)37-32(26-31-10-12-33(13-11-31)41(42)43)27-38-20-22-39(51(46,47)35-16-6-29(2)7-17-35)24-25-40(23-21-38)52(48,49)36-18-8-30(3)9-19-36/h4-19,32,37H,20-27H2,1-3H3. The van der Waals surface area contributed by atoms with Gasteiger partial charge in [-0.3, -0.25) is 15.0 Å². The molecule has 1 aliphatic heterocycles. The minimum Gasteiger partial charge on any atom is -0.299 e. The maximum atomic E-state index is 14.0. The number of nitrogens with one attached hydrogen (secondary N) is 1. The number of benzene rings is 4. The summed E-state index contributed by atoms with van der Waals surface area (Å²) in [5.41, 5.74) is 3.19. The number of hydrogen-bond acceptors (Lipinski definition) is 9. The first-order chi connectivity index (χ1) is 24.5. The van der Waals surface area contributed by atoms with E-state index in [9.17, 15) is 35.4 Å². The van der Waals surface area contributed by atoms with Crippen LogP contribution in [-0.4, -0.2) is 95.5 Å². The van der Waals surface area contributed by atoms with Crippen LogP contribution in [-0.2, 0) is 36.5 Å². The summed E-state index contributed by atoms with van der Waals surface area (Å²) in [6.07, 6.45) is 0.149. The number of nitro groups is 1. The molecule has 0 aromatic heterocycles. The molecule has 1 aliphatic rings. The lowest BCUT2D eigenvalue weighted by Gasteiger charge is -2.30. The maximum absolute atomic E-state index is 14.0. The average Bonchev–Trinajstić information content (AvgIpc) is 3.20. The van der Waals surface area contributed by atoms with Gasteiger partial charge in [-0.15, -0.1) is 0 Å². The van der Waals surface area contributed by atoms with Crippen molar-refractivity contribution >= 4 is 35.8 Å². The molecule has 278 valence electrons. The highest BCUT2D eigenvalue weighted by Gasteiger charge is 2.32. The van der Waals surface area contributed by atoms with Gasteiger partial charge in [0.15, 0.2) is 0 Å². The Kier molecular flexibility index (Phi) is 12.3. The van der Waals surface area contributed by atoms with Gasteiger partial charge in [0.2, 0.25) is 30.1 Å². The smallest absolute Gasteiger partial charge is 0.269 e. The SMILES string of the molecule is Cc1ccc(S(=O)(=O)NC(Cc2ccc([N+](=O)[O-])cc2)CN2CCN(S(=O)(=O)c3ccc(C)cc3)CCN(S(=O)(=O)c3ccc(C)cc3)CC2)cc1. The summed E-state index contributed by atoms with van der Waals surface area (Å²) < 4.78 is 88.4. The van der Waals surface area contributed by atoms with Crippen molar-refractivity contribution in [3.63, 3.8) is 0 Å². The molecule has 52 heavy (non-hydrogen) atoms. The van der Waals surface area contributed by atoms with E-state index in [1.54, 1.807) is 48.5 Å². The minimum absolute atomic E-state index is 0.0175. The van der Waals surface area contributed by atoms with Gasteiger partial charge in [-0.1, -0.05) is 65.2 Å². The molecule has 13 nitrogen and oxygen atoms in total. The van der Waals surface area contributed by atoms with E-state index in [-0.39, 0.29) is 72.6 Å². The molecule has 0 bridgehead atoms. The predicted molar refractivity (Wildman–Crippen MR) is 198 cm³/mol. The van der Waals surface area contributed by atoms with Crippen LogP contribution in [0.5, 0.6) is 0 Å². The molecule has 0 spiro atoms. The van der Waals surface area contributed by atoms with E-state index in [1.165, 1.54) is 57.1 Å². The lowest BCUT2D eigenvalue weighted by molar-refractivity contribution is -0.384. The van der Waals surface area contributed by atoms with Crippen molar-refractivity contribution in [3.05, 3.63) is 129 Å². The third kappa shape index (κ3) is 9.69. The first-order valence-electron chi connectivity index (χ1n) is 16.7. The fraction of sp³-hybridized carbons (Fsp3) is 0.333. The first kappa shape index (κ1) is 39.2. The van der Waals surface area contributed by atoms with Crippen molar-refractivity contribution in [2.24, 2.45) is 0 Å². The van der Waals surface area contributed by atoms with Crippen LogP contribution in [0.3, 0.4) is 0 Å². The number of hydrogen-bond donors (Lipinski definition) is 1. The summed E-state index contributed by atoms with van der Waals surface area (Å²) in [5, 5.41) is 11.3. The van der Waals surface area contributed by atoms with E-state index in [4.69, 9.17) is 0 Å². The minimum atomic E-state index is -4.04. The van der Waals surface area contributed by atoms with E-state index in [1.807, 2.05) is 25.7 Å². The monoisotopic (exact) mass is 769 g/mol. The molecule has 5 rings (SSSR count). The second kappa shape index (κ2) is 16.3. The zero-order chi connectivity index (χ0) is 37.7. The Labute approximate surface area is 306 Å². The van der Waals surface area contributed by atoms with Gasteiger partial charge >= 0.3 is 0 Å². The van der Waals surface area contributed by atoms with Gasteiger partial charge in [0.25, 0.3) is 5.69 Å². The van der Waals surface area contributed by atoms with Crippen LogP contribution in [0.25, 0.3) is 0 Å². The van der Waals surface area contributed by atoms with Crippen LogP contribution in [0.2, 0.25) is 0 Å². The van der Waals surface area contributed by atoms with Crippen molar-refractivity contribution in [1.29, 1.82) is 0 Å². The van der Waals surface area contributed by atoms with Crippen LogP contribution in [0.15, 0.2) is 112 Å². The molecule has 0 amide bonds. The molecule has 1 heterocycles. The van der Waals surface area contributed by atoms with Gasteiger partial charge in [0.05, 0.1) is 19.6 Å². The highest BCUT2D eigenvalue weighted by atomic mass is 32.2. The third-order valence-electron chi connectivity index (χ3n) is 9.01. The molecule has 1 N–H and O–H groups in total. The van der Waals surface area contributed by atoms with Gasteiger partial charge in [0, 0.05) is 64.0 Å². The van der Waals surface area contributed by atoms with Crippen molar-refractivity contribution in [3.8, 4) is 0 Å². The summed E-state index contributed by atoms with van der Waals surface area (Å²) in [6.45, 7) is 5.81. The Morgan fingerprint density at radius 3 is 1.38 bits per heavy atom. The highest BCUT2D eigenvalue weighted by molar-refractivity contribution is 7.90. The normalized spacial score (nSPS) is 16.4. The first-order valence-corrected chi connectivity index (χ1v) is 21.1. The lowest BCUT2D eigenvalue weighted by Crippen LogP contribution is -2.48. The summed E-state index contributed by atoms with van der Waals surface area (Å²) >= 11 is 0. The average molecular weight is 770 g/mol. The molecule has 4 aromatic rings. The van der Waals surface area contributed by atoms with E-state index >= 15 is 0 Å². The zero-order valence-electron chi connectivity index (χ0n) is 29.3. The Hall–Kier alpha value is -4.03. The summed E-state index contributed by atoms with van der Waals surface area (Å²) in [5.74, 6) is 0. The molecule has 1 atom stereocenters.